The van der Waals surface area contributed by atoms with Crippen molar-refractivity contribution < 1.29 is 43.0 Å². The molecular formula is C25H30N4O10. The maximum atomic E-state index is 11.9. The molecule has 0 radical (unpaired) electrons. The number of nitro benzene ring substituents is 1. The van der Waals surface area contributed by atoms with E-state index >= 15 is 0 Å². The first-order chi connectivity index (χ1) is 18.6. The van der Waals surface area contributed by atoms with Crippen molar-refractivity contribution in [3.8, 4) is 11.1 Å². The van der Waals surface area contributed by atoms with E-state index in [0.717, 1.165) is 0 Å². The van der Waals surface area contributed by atoms with Crippen LogP contribution in [-0.4, -0.2) is 98.2 Å². The van der Waals surface area contributed by atoms with Crippen molar-refractivity contribution in [3.05, 3.63) is 57.9 Å². The number of esters is 4. The van der Waals surface area contributed by atoms with Gasteiger partial charge >= 0.3 is 23.9 Å². The van der Waals surface area contributed by atoms with Crippen LogP contribution in [0.3, 0.4) is 0 Å². The summed E-state index contributed by atoms with van der Waals surface area (Å²) in [4.78, 5) is 65.9. The van der Waals surface area contributed by atoms with Gasteiger partial charge in [-0.15, -0.1) is 0 Å². The number of hydrogen-bond donors (Lipinski definition) is 0. The summed E-state index contributed by atoms with van der Waals surface area (Å²) in [5.74, 6) is -2.30. The molecule has 0 amide bonds. The fourth-order valence-electron chi connectivity index (χ4n) is 3.54. The number of benzene rings is 1. The number of nitro groups is 1. The lowest BCUT2D eigenvalue weighted by atomic mass is 10.0. The number of hydrogen-bond acceptors (Lipinski definition) is 13. The predicted octanol–water partition coefficient (Wildman–Crippen LogP) is 0.953. The molecule has 210 valence electrons. The Morgan fingerprint density at radius 3 is 1.36 bits per heavy atom. The molecular weight excluding hydrogens is 516 g/mol. The molecule has 2 aromatic rings. The highest BCUT2D eigenvalue weighted by Gasteiger charge is 2.20. The van der Waals surface area contributed by atoms with Crippen molar-refractivity contribution in [1.82, 2.24) is 14.8 Å². The van der Waals surface area contributed by atoms with Gasteiger partial charge in [0.1, 0.15) is 0 Å². The molecule has 0 bridgehead atoms. The third-order valence-electron chi connectivity index (χ3n) is 5.44. The summed E-state index contributed by atoms with van der Waals surface area (Å²) < 4.78 is 18.9. The Morgan fingerprint density at radius 2 is 1.05 bits per heavy atom. The van der Waals surface area contributed by atoms with Gasteiger partial charge in [-0.25, -0.2) is 0 Å². The molecule has 0 aliphatic rings. The molecule has 0 spiro atoms. The Kier molecular flexibility index (Phi) is 11.9. The Bertz CT molecular complexity index is 1090. The van der Waals surface area contributed by atoms with Crippen LogP contribution < -0.4 is 0 Å². The molecule has 0 atom stereocenters. The Morgan fingerprint density at radius 1 is 0.692 bits per heavy atom. The molecule has 1 heterocycles. The van der Waals surface area contributed by atoms with Crippen molar-refractivity contribution in [2.75, 3.05) is 54.6 Å². The van der Waals surface area contributed by atoms with E-state index in [-0.39, 0.29) is 45.0 Å². The average Bonchev–Trinajstić information content (AvgIpc) is 2.92. The lowest BCUT2D eigenvalue weighted by Gasteiger charge is -2.22. The molecule has 0 saturated carbocycles. The van der Waals surface area contributed by atoms with Gasteiger partial charge in [-0.2, -0.15) is 0 Å². The van der Waals surface area contributed by atoms with Gasteiger partial charge in [0, 0.05) is 25.2 Å². The summed E-state index contributed by atoms with van der Waals surface area (Å²) in [5, 5.41) is 11.1. The molecule has 0 saturated heterocycles. The summed E-state index contributed by atoms with van der Waals surface area (Å²) in [6, 6.07) is 9.27. The lowest BCUT2D eigenvalue weighted by Crippen LogP contribution is -2.36. The maximum Gasteiger partial charge on any atom is 0.319 e. The van der Waals surface area contributed by atoms with Crippen molar-refractivity contribution in [1.29, 1.82) is 0 Å². The second kappa shape index (κ2) is 15.1. The lowest BCUT2D eigenvalue weighted by molar-refractivity contribution is -0.384. The summed E-state index contributed by atoms with van der Waals surface area (Å²) in [5.41, 5.74) is 2.04. The second-order valence-corrected chi connectivity index (χ2v) is 8.24. The van der Waals surface area contributed by atoms with Gasteiger partial charge < -0.3 is 18.9 Å². The van der Waals surface area contributed by atoms with E-state index < -0.39 is 28.8 Å². The number of carbonyl (C=O) groups excluding carboxylic acids is 4. The zero-order valence-corrected chi connectivity index (χ0v) is 22.1. The van der Waals surface area contributed by atoms with E-state index in [1.807, 2.05) is 0 Å². The van der Waals surface area contributed by atoms with Crippen LogP contribution in [0.5, 0.6) is 0 Å². The molecule has 1 aromatic carbocycles. The standard InChI is InChI=1S/C25H30N4O10/c1-36-22(30)13-27(14-23(31)37-2)11-19-9-18(17-5-7-21(8-6-17)29(34)35)10-20(26-19)12-28(15-24(32)38-3)16-25(33)39-4/h5-10H,11-16H2,1-4H3. The summed E-state index contributed by atoms with van der Waals surface area (Å²) in [6.45, 7) is -0.817. The van der Waals surface area contributed by atoms with Crippen LogP contribution in [0.25, 0.3) is 11.1 Å². The van der Waals surface area contributed by atoms with Crippen LogP contribution in [0.15, 0.2) is 36.4 Å². The van der Waals surface area contributed by atoms with Gasteiger partial charge in [0.2, 0.25) is 0 Å². The summed E-state index contributed by atoms with van der Waals surface area (Å²) >= 11 is 0. The first-order valence-corrected chi connectivity index (χ1v) is 11.5. The minimum absolute atomic E-state index is 0.0338. The van der Waals surface area contributed by atoms with Gasteiger partial charge in [0.05, 0.1) is 70.9 Å². The number of carbonyl (C=O) groups is 4. The van der Waals surface area contributed by atoms with E-state index in [9.17, 15) is 29.3 Å². The first kappa shape index (κ1) is 30.8. The monoisotopic (exact) mass is 546 g/mol. The van der Waals surface area contributed by atoms with Crippen molar-refractivity contribution in [2.24, 2.45) is 0 Å². The molecule has 2 rings (SSSR count). The molecule has 0 N–H and O–H groups in total. The number of methoxy groups -OCH3 is 4. The van der Waals surface area contributed by atoms with E-state index in [0.29, 0.717) is 22.5 Å². The van der Waals surface area contributed by atoms with Crippen molar-refractivity contribution >= 4 is 29.6 Å². The number of rotatable bonds is 14. The van der Waals surface area contributed by atoms with E-state index in [4.69, 9.17) is 18.9 Å². The van der Waals surface area contributed by atoms with Gasteiger partial charge in [0.25, 0.3) is 5.69 Å². The largest absolute Gasteiger partial charge is 0.468 e. The minimum Gasteiger partial charge on any atom is -0.468 e. The van der Waals surface area contributed by atoms with E-state index in [2.05, 4.69) is 4.98 Å². The second-order valence-electron chi connectivity index (χ2n) is 8.24. The van der Waals surface area contributed by atoms with Crippen LogP contribution in [0.4, 0.5) is 5.69 Å². The molecule has 0 aliphatic carbocycles. The summed E-state index contributed by atoms with van der Waals surface area (Å²) in [6.07, 6.45) is 0. The zero-order chi connectivity index (χ0) is 28.9. The molecule has 14 nitrogen and oxygen atoms in total. The Hall–Kier alpha value is -4.43. The molecule has 0 aliphatic heterocycles. The topological polar surface area (TPSA) is 168 Å². The zero-order valence-electron chi connectivity index (χ0n) is 22.1. The minimum atomic E-state index is -0.576. The number of aromatic nitrogens is 1. The number of pyridine rings is 1. The number of ether oxygens (including phenoxy) is 4. The van der Waals surface area contributed by atoms with Gasteiger partial charge in [-0.3, -0.25) is 44.1 Å². The highest BCUT2D eigenvalue weighted by molar-refractivity contribution is 5.75. The van der Waals surface area contributed by atoms with Crippen LogP contribution in [0.2, 0.25) is 0 Å². The molecule has 0 unspecified atom stereocenters. The van der Waals surface area contributed by atoms with Gasteiger partial charge in [0.15, 0.2) is 0 Å². The Labute approximate surface area is 224 Å². The first-order valence-electron chi connectivity index (χ1n) is 11.5. The summed E-state index contributed by atoms with van der Waals surface area (Å²) in [7, 11) is 4.89. The van der Waals surface area contributed by atoms with Crippen LogP contribution in [-0.2, 0) is 51.2 Å². The fourth-order valence-corrected chi connectivity index (χ4v) is 3.54. The number of non-ortho nitro benzene ring substituents is 1. The van der Waals surface area contributed by atoms with Crippen LogP contribution in [0.1, 0.15) is 11.4 Å². The van der Waals surface area contributed by atoms with E-state index in [1.54, 1.807) is 24.3 Å². The fraction of sp³-hybridized carbons (Fsp3) is 0.400. The molecule has 0 fully saturated rings. The van der Waals surface area contributed by atoms with Crippen molar-refractivity contribution in [3.63, 3.8) is 0 Å². The maximum absolute atomic E-state index is 11.9. The number of nitrogens with zero attached hydrogens (tertiary/aromatic N) is 4. The molecule has 39 heavy (non-hydrogen) atoms. The Balaban J connectivity index is 2.51. The highest BCUT2D eigenvalue weighted by Crippen LogP contribution is 2.25. The molecule has 1 aromatic heterocycles. The quantitative estimate of drug-likeness (QED) is 0.142. The van der Waals surface area contributed by atoms with Gasteiger partial charge in [-0.1, -0.05) is 0 Å². The third-order valence-corrected chi connectivity index (χ3v) is 5.44. The van der Waals surface area contributed by atoms with Crippen LogP contribution in [0, 0.1) is 10.1 Å². The third kappa shape index (κ3) is 10.1. The van der Waals surface area contributed by atoms with Crippen LogP contribution >= 0.6 is 0 Å². The molecule has 14 heteroatoms. The van der Waals surface area contributed by atoms with E-state index in [1.165, 1.54) is 50.4 Å². The predicted molar refractivity (Wildman–Crippen MR) is 135 cm³/mol. The van der Waals surface area contributed by atoms with Crippen molar-refractivity contribution in [2.45, 2.75) is 13.1 Å². The average molecular weight is 547 g/mol. The van der Waals surface area contributed by atoms with Gasteiger partial charge in [-0.05, 0) is 35.4 Å². The normalized spacial score (nSPS) is 10.7. The smallest absolute Gasteiger partial charge is 0.319 e. The SMILES string of the molecule is COC(=O)CN(CC(=O)OC)Cc1cc(-c2ccc([N+](=O)[O-])cc2)cc(CN(CC(=O)OC)CC(=O)OC)n1. The highest BCUT2D eigenvalue weighted by atomic mass is 16.6.